The van der Waals surface area contributed by atoms with E-state index in [0.29, 0.717) is 17.9 Å². The molecule has 1 aliphatic rings. The van der Waals surface area contributed by atoms with Gasteiger partial charge in [0.25, 0.3) is 0 Å². The molecular formula is C15H13FN2. The fourth-order valence-electron chi connectivity index (χ4n) is 2.30. The fourth-order valence-corrected chi connectivity index (χ4v) is 2.30. The van der Waals surface area contributed by atoms with E-state index in [4.69, 9.17) is 5.41 Å². The summed E-state index contributed by atoms with van der Waals surface area (Å²) in [6, 6.07) is 12.9. The molecule has 0 aliphatic carbocycles. The van der Waals surface area contributed by atoms with Gasteiger partial charge in [-0.25, -0.2) is 4.39 Å². The predicted molar refractivity (Wildman–Crippen MR) is 70.6 cm³/mol. The van der Waals surface area contributed by atoms with Crippen LogP contribution in [0.1, 0.15) is 16.7 Å². The van der Waals surface area contributed by atoms with Crippen molar-refractivity contribution >= 4 is 11.5 Å². The molecule has 0 saturated heterocycles. The van der Waals surface area contributed by atoms with E-state index in [0.717, 1.165) is 16.8 Å². The molecule has 1 aliphatic heterocycles. The molecule has 2 aromatic rings. The number of hydrogen-bond acceptors (Lipinski definition) is 1. The molecule has 0 aromatic heterocycles. The summed E-state index contributed by atoms with van der Waals surface area (Å²) < 4.78 is 13.3. The summed E-state index contributed by atoms with van der Waals surface area (Å²) >= 11 is 0. The molecule has 0 radical (unpaired) electrons. The van der Waals surface area contributed by atoms with Crippen LogP contribution in [0, 0.1) is 18.2 Å². The number of anilines is 1. The Kier molecular flexibility index (Phi) is 2.40. The van der Waals surface area contributed by atoms with Crippen LogP contribution in [-0.4, -0.2) is 5.84 Å². The molecule has 0 saturated carbocycles. The summed E-state index contributed by atoms with van der Waals surface area (Å²) in [5, 5.41) is 8.18. The van der Waals surface area contributed by atoms with E-state index < -0.39 is 0 Å². The Bertz CT molecular complexity index is 634. The van der Waals surface area contributed by atoms with Gasteiger partial charge in [-0.3, -0.25) is 5.41 Å². The fraction of sp³-hybridized carbons (Fsp3) is 0.133. The third-order valence-electron chi connectivity index (χ3n) is 3.32. The third kappa shape index (κ3) is 1.59. The first-order valence-electron chi connectivity index (χ1n) is 5.87. The van der Waals surface area contributed by atoms with Gasteiger partial charge in [-0.2, -0.15) is 0 Å². The highest BCUT2D eigenvalue weighted by molar-refractivity contribution is 6.11. The summed E-state index contributed by atoms with van der Waals surface area (Å²) in [4.78, 5) is 1.90. The molecule has 90 valence electrons. The minimum Gasteiger partial charge on any atom is -0.322 e. The molecule has 3 rings (SSSR count). The first kappa shape index (κ1) is 11.0. The Balaban J connectivity index is 2.01. The Hall–Kier alpha value is -2.16. The van der Waals surface area contributed by atoms with Crippen LogP contribution in [-0.2, 0) is 6.54 Å². The van der Waals surface area contributed by atoms with E-state index in [-0.39, 0.29) is 5.82 Å². The van der Waals surface area contributed by atoms with E-state index in [1.807, 2.05) is 29.2 Å². The van der Waals surface area contributed by atoms with Gasteiger partial charge in [-0.15, -0.1) is 0 Å². The average Bonchev–Trinajstić information content (AvgIpc) is 2.71. The van der Waals surface area contributed by atoms with Crippen LogP contribution in [0.4, 0.5) is 10.1 Å². The van der Waals surface area contributed by atoms with Crippen LogP contribution in [0.5, 0.6) is 0 Å². The summed E-state index contributed by atoms with van der Waals surface area (Å²) in [5.74, 6) is 0.276. The van der Waals surface area contributed by atoms with Crippen molar-refractivity contribution in [2.75, 3.05) is 4.90 Å². The molecule has 0 fully saturated rings. The lowest BCUT2D eigenvalue weighted by molar-refractivity contribution is 0.618. The Morgan fingerprint density at radius 3 is 2.67 bits per heavy atom. The van der Waals surface area contributed by atoms with Crippen molar-refractivity contribution in [1.82, 2.24) is 0 Å². The molecule has 0 amide bonds. The van der Waals surface area contributed by atoms with Gasteiger partial charge in [0.2, 0.25) is 0 Å². The number of benzene rings is 2. The number of fused-ring (bicyclic) bond motifs is 1. The molecule has 3 heteroatoms. The lowest BCUT2D eigenvalue weighted by Gasteiger charge is -2.18. The lowest BCUT2D eigenvalue weighted by Crippen LogP contribution is -2.23. The second-order valence-electron chi connectivity index (χ2n) is 4.53. The summed E-state index contributed by atoms with van der Waals surface area (Å²) in [6.45, 7) is 2.42. The summed E-state index contributed by atoms with van der Waals surface area (Å²) in [7, 11) is 0. The van der Waals surface area contributed by atoms with Gasteiger partial charge in [0.05, 0.1) is 6.54 Å². The number of rotatable bonds is 1. The minimum atomic E-state index is -0.206. The molecular weight excluding hydrogens is 227 g/mol. The van der Waals surface area contributed by atoms with Crippen LogP contribution in [0.2, 0.25) is 0 Å². The first-order valence-corrected chi connectivity index (χ1v) is 5.87. The van der Waals surface area contributed by atoms with Crippen molar-refractivity contribution in [3.63, 3.8) is 0 Å². The average molecular weight is 240 g/mol. The van der Waals surface area contributed by atoms with E-state index in [1.54, 1.807) is 19.1 Å². The standard InChI is InChI=1S/C15H13FN2/c1-10-8-12(6-7-14(10)16)18-9-11-4-2-3-5-13(11)15(18)17/h2-8,17H,9H2,1H3. The van der Waals surface area contributed by atoms with Gasteiger partial charge in [0, 0.05) is 11.3 Å². The monoisotopic (exact) mass is 240 g/mol. The topological polar surface area (TPSA) is 27.1 Å². The van der Waals surface area contributed by atoms with Crippen LogP contribution < -0.4 is 4.90 Å². The molecule has 0 bridgehead atoms. The maximum atomic E-state index is 13.3. The zero-order chi connectivity index (χ0) is 12.7. The van der Waals surface area contributed by atoms with Crippen molar-refractivity contribution in [3.8, 4) is 0 Å². The summed E-state index contributed by atoms with van der Waals surface area (Å²) in [6.07, 6.45) is 0. The zero-order valence-electron chi connectivity index (χ0n) is 10.1. The Labute approximate surface area is 105 Å². The number of aryl methyl sites for hydroxylation is 1. The molecule has 2 nitrogen and oxygen atoms in total. The molecule has 0 spiro atoms. The van der Waals surface area contributed by atoms with Gasteiger partial charge in [0.15, 0.2) is 0 Å². The number of amidine groups is 1. The molecule has 2 aromatic carbocycles. The minimum absolute atomic E-state index is 0.206. The molecule has 0 atom stereocenters. The number of halogens is 1. The molecule has 0 unspecified atom stereocenters. The number of nitrogens with one attached hydrogen (secondary N) is 1. The smallest absolute Gasteiger partial charge is 0.133 e. The van der Waals surface area contributed by atoms with Crippen LogP contribution in [0.25, 0.3) is 0 Å². The van der Waals surface area contributed by atoms with Gasteiger partial charge < -0.3 is 4.90 Å². The highest BCUT2D eigenvalue weighted by Gasteiger charge is 2.24. The number of nitrogens with zero attached hydrogens (tertiary/aromatic N) is 1. The maximum Gasteiger partial charge on any atom is 0.133 e. The van der Waals surface area contributed by atoms with E-state index in [2.05, 4.69) is 0 Å². The molecule has 1 heterocycles. The second-order valence-corrected chi connectivity index (χ2v) is 4.53. The van der Waals surface area contributed by atoms with Crippen LogP contribution in [0.3, 0.4) is 0 Å². The van der Waals surface area contributed by atoms with Crippen molar-refractivity contribution in [1.29, 1.82) is 5.41 Å². The van der Waals surface area contributed by atoms with Gasteiger partial charge >= 0.3 is 0 Å². The van der Waals surface area contributed by atoms with E-state index >= 15 is 0 Å². The van der Waals surface area contributed by atoms with Crippen LogP contribution >= 0.6 is 0 Å². The van der Waals surface area contributed by atoms with Crippen LogP contribution in [0.15, 0.2) is 42.5 Å². The summed E-state index contributed by atoms with van der Waals surface area (Å²) in [5.41, 5.74) is 3.58. The Morgan fingerprint density at radius 2 is 1.94 bits per heavy atom. The first-order chi connectivity index (χ1) is 8.66. The second kappa shape index (κ2) is 3.95. The quantitative estimate of drug-likeness (QED) is 0.811. The molecule has 18 heavy (non-hydrogen) atoms. The van der Waals surface area contributed by atoms with Crippen molar-refractivity contribution in [3.05, 3.63) is 65.0 Å². The van der Waals surface area contributed by atoms with Gasteiger partial charge in [-0.1, -0.05) is 24.3 Å². The van der Waals surface area contributed by atoms with E-state index in [9.17, 15) is 4.39 Å². The van der Waals surface area contributed by atoms with E-state index in [1.165, 1.54) is 6.07 Å². The third-order valence-corrected chi connectivity index (χ3v) is 3.32. The highest BCUT2D eigenvalue weighted by Crippen LogP contribution is 2.28. The predicted octanol–water partition coefficient (Wildman–Crippen LogP) is 3.48. The van der Waals surface area contributed by atoms with Gasteiger partial charge in [0.1, 0.15) is 11.7 Å². The number of hydrogen-bond donors (Lipinski definition) is 1. The van der Waals surface area contributed by atoms with Gasteiger partial charge in [-0.05, 0) is 36.2 Å². The van der Waals surface area contributed by atoms with Crippen molar-refractivity contribution in [2.24, 2.45) is 0 Å². The molecule has 1 N–H and O–H groups in total. The van der Waals surface area contributed by atoms with Crippen molar-refractivity contribution < 1.29 is 4.39 Å². The van der Waals surface area contributed by atoms with Crippen molar-refractivity contribution in [2.45, 2.75) is 13.5 Å². The lowest BCUT2D eigenvalue weighted by atomic mass is 10.1. The highest BCUT2D eigenvalue weighted by atomic mass is 19.1. The zero-order valence-corrected chi connectivity index (χ0v) is 10.1. The SMILES string of the molecule is Cc1cc(N2Cc3ccccc3C2=N)ccc1F. The largest absolute Gasteiger partial charge is 0.322 e. The normalized spacial score (nSPS) is 13.9. The Morgan fingerprint density at radius 1 is 1.17 bits per heavy atom. The maximum absolute atomic E-state index is 13.3.